The number of ether oxygens (including phenoxy) is 6. The monoisotopic (exact) mass is 1300 g/mol. The van der Waals surface area contributed by atoms with Crippen LogP contribution in [-0.4, -0.2) is 193 Å². The molecule has 17 atom stereocenters. The number of nitrogens with one attached hydrogen (secondary N) is 1. The number of carbonyl (C=O) groups excluding carboxylic acids is 1. The van der Waals surface area contributed by atoms with E-state index in [1.165, 1.54) is 225 Å². The average molecular weight is 1300 g/mol. The van der Waals surface area contributed by atoms with E-state index in [0.717, 1.165) is 38.5 Å². The highest BCUT2D eigenvalue weighted by atomic mass is 16.8. The van der Waals surface area contributed by atoms with Crippen molar-refractivity contribution in [1.29, 1.82) is 0 Å². The second kappa shape index (κ2) is 54.3. The number of unbranched alkanes of at least 4 members (excludes halogenated alkanes) is 40. The van der Waals surface area contributed by atoms with Gasteiger partial charge >= 0.3 is 0 Å². The van der Waals surface area contributed by atoms with E-state index >= 15 is 0 Å². The molecule has 3 aliphatic heterocycles. The topological polar surface area (TPSA) is 307 Å². The molecule has 3 saturated heterocycles. The quantitative estimate of drug-likeness (QED) is 0.0199. The summed E-state index contributed by atoms with van der Waals surface area (Å²) in [5.74, 6) is -0.280. The van der Waals surface area contributed by atoms with Crippen molar-refractivity contribution in [2.24, 2.45) is 0 Å². The fourth-order valence-corrected chi connectivity index (χ4v) is 12.7. The Morgan fingerprint density at radius 1 is 0.385 bits per heavy atom. The summed E-state index contributed by atoms with van der Waals surface area (Å²) in [6, 6.07) is -0.987. The molecule has 1 amide bonds. The van der Waals surface area contributed by atoms with Crippen molar-refractivity contribution >= 4 is 5.91 Å². The smallest absolute Gasteiger partial charge is 0.220 e. The van der Waals surface area contributed by atoms with E-state index in [1.807, 2.05) is 6.08 Å². The zero-order valence-corrected chi connectivity index (χ0v) is 56.8. The van der Waals surface area contributed by atoms with Crippen LogP contribution in [0.4, 0.5) is 0 Å². The van der Waals surface area contributed by atoms with Crippen LogP contribution >= 0.6 is 0 Å². The van der Waals surface area contributed by atoms with Gasteiger partial charge in [0.25, 0.3) is 0 Å². The molecular formula is C72H135NO18. The highest BCUT2D eigenvalue weighted by Gasteiger charge is 2.53. The summed E-state index contributed by atoms with van der Waals surface area (Å²) >= 11 is 0. The highest BCUT2D eigenvalue weighted by molar-refractivity contribution is 5.76. The first-order valence-corrected chi connectivity index (χ1v) is 37.1. The zero-order chi connectivity index (χ0) is 66.1. The molecule has 0 bridgehead atoms. The highest BCUT2D eigenvalue weighted by Crippen LogP contribution is 2.33. The Labute approximate surface area is 549 Å². The van der Waals surface area contributed by atoms with Crippen LogP contribution in [-0.2, 0) is 33.2 Å². The molecule has 17 unspecified atom stereocenters. The van der Waals surface area contributed by atoms with E-state index < -0.39 is 124 Å². The van der Waals surface area contributed by atoms with E-state index in [0.29, 0.717) is 12.8 Å². The Morgan fingerprint density at radius 2 is 0.703 bits per heavy atom. The molecule has 3 heterocycles. The van der Waals surface area contributed by atoms with Crippen LogP contribution < -0.4 is 5.32 Å². The lowest BCUT2D eigenvalue weighted by Crippen LogP contribution is -2.66. The van der Waals surface area contributed by atoms with Crippen LogP contribution in [0.1, 0.15) is 296 Å². The molecule has 0 aromatic heterocycles. The van der Waals surface area contributed by atoms with Crippen LogP contribution in [0, 0.1) is 0 Å². The van der Waals surface area contributed by atoms with Gasteiger partial charge in [-0.15, -0.1) is 0 Å². The molecular weight excluding hydrogens is 1170 g/mol. The molecule has 536 valence electrons. The average Bonchev–Trinajstić information content (AvgIpc) is 0.884. The predicted octanol–water partition coefficient (Wildman–Crippen LogP) is 10.6. The first kappa shape index (κ1) is 83.5. The Bertz CT molecular complexity index is 1750. The van der Waals surface area contributed by atoms with Gasteiger partial charge in [0.05, 0.1) is 38.6 Å². The maximum atomic E-state index is 13.4. The number of amides is 1. The lowest BCUT2D eigenvalue weighted by Gasteiger charge is -2.48. The van der Waals surface area contributed by atoms with Gasteiger partial charge in [0.1, 0.15) is 73.2 Å². The van der Waals surface area contributed by atoms with Crippen molar-refractivity contribution in [2.45, 2.75) is 401 Å². The lowest BCUT2D eigenvalue weighted by atomic mass is 9.96. The second-order valence-corrected chi connectivity index (χ2v) is 26.8. The molecule has 91 heavy (non-hydrogen) atoms. The van der Waals surface area contributed by atoms with Crippen LogP contribution in [0.25, 0.3) is 0 Å². The van der Waals surface area contributed by atoms with Crippen molar-refractivity contribution in [2.75, 3.05) is 26.4 Å². The molecule has 0 radical (unpaired) electrons. The molecule has 3 aliphatic rings. The first-order chi connectivity index (χ1) is 44.3. The summed E-state index contributed by atoms with van der Waals surface area (Å²) in [6.45, 7) is 1.75. The van der Waals surface area contributed by atoms with Crippen molar-refractivity contribution in [3.8, 4) is 0 Å². The minimum atomic E-state index is -1.98. The molecule has 19 nitrogen and oxygen atoms in total. The third-order valence-electron chi connectivity index (χ3n) is 18.8. The summed E-state index contributed by atoms with van der Waals surface area (Å²) in [5.41, 5.74) is 0. The van der Waals surface area contributed by atoms with Crippen LogP contribution in [0.15, 0.2) is 24.3 Å². The molecule has 19 heteroatoms. The third-order valence-corrected chi connectivity index (χ3v) is 18.8. The number of aliphatic hydroxyl groups is 11. The number of hydrogen-bond donors (Lipinski definition) is 12. The van der Waals surface area contributed by atoms with Gasteiger partial charge in [-0.1, -0.05) is 282 Å². The van der Waals surface area contributed by atoms with Gasteiger partial charge in [-0.05, 0) is 32.1 Å². The van der Waals surface area contributed by atoms with E-state index in [2.05, 4.69) is 31.3 Å². The first-order valence-electron chi connectivity index (χ1n) is 37.1. The van der Waals surface area contributed by atoms with Crippen molar-refractivity contribution < 1.29 is 89.4 Å². The second-order valence-electron chi connectivity index (χ2n) is 26.8. The van der Waals surface area contributed by atoms with Gasteiger partial charge < -0.3 is 89.9 Å². The van der Waals surface area contributed by atoms with Gasteiger partial charge in [0, 0.05) is 6.42 Å². The Balaban J connectivity index is 1.40. The van der Waals surface area contributed by atoms with E-state index in [1.54, 1.807) is 6.08 Å². The molecule has 0 aromatic rings. The van der Waals surface area contributed by atoms with E-state index in [4.69, 9.17) is 28.4 Å². The summed E-state index contributed by atoms with van der Waals surface area (Å²) in [5, 5.41) is 121. The summed E-state index contributed by atoms with van der Waals surface area (Å²) in [7, 11) is 0. The Morgan fingerprint density at radius 3 is 1.10 bits per heavy atom. The number of hydrogen-bond acceptors (Lipinski definition) is 18. The molecule has 12 N–H and O–H groups in total. The Hall–Kier alpha value is -1.73. The number of aliphatic hydroxyl groups excluding tert-OH is 11. The molecule has 0 saturated carbocycles. The van der Waals surface area contributed by atoms with E-state index in [-0.39, 0.29) is 18.9 Å². The predicted molar refractivity (Wildman–Crippen MR) is 356 cm³/mol. The summed E-state index contributed by atoms with van der Waals surface area (Å²) in [4.78, 5) is 13.4. The fraction of sp³-hybridized carbons (Fsp3) is 0.931. The summed E-state index contributed by atoms with van der Waals surface area (Å²) in [6.07, 6.45) is 36.0. The molecule has 3 fully saturated rings. The standard InChI is InChI=1S/C72H135NO18/c1-3-5-7-9-11-13-15-17-19-21-22-23-24-25-26-27-28-29-30-31-32-33-34-35-37-39-41-43-45-47-49-56(77)55(73-60(78)50-48-46-44-42-40-38-36-20-18-16-14-12-10-8-6-4-2)54-86-70-66(84)63(81)68(58(52-75)88-70)91-72-67(85)64(82)69(59(53-76)89-72)90-71-65(83)62(80)61(79)57(51-74)87-71/h39,41,47,49,55-59,61-72,74-77,79-85H,3-38,40,42-46,48,50-54H2,1-2H3,(H,73,78)/b41-39+,49-47+. The minimum Gasteiger partial charge on any atom is -0.394 e. The minimum absolute atomic E-state index is 0.240. The van der Waals surface area contributed by atoms with Crippen LogP contribution in [0.2, 0.25) is 0 Å². The van der Waals surface area contributed by atoms with Crippen molar-refractivity contribution in [3.63, 3.8) is 0 Å². The van der Waals surface area contributed by atoms with Gasteiger partial charge in [0.15, 0.2) is 18.9 Å². The SMILES string of the molecule is CCCCCCCCCCCCCCCCCCCCCCCCCC/C=C/CC/C=C/C(O)C(COC1OC(CO)C(OC2OC(CO)C(OC3OC(CO)C(O)C(O)C3O)C(O)C2O)C(O)C1O)NC(=O)CCCCCCCCCCCCCCCCCC. The molecule has 0 spiro atoms. The summed E-state index contributed by atoms with van der Waals surface area (Å²) < 4.78 is 34.4. The third kappa shape index (κ3) is 35.9. The molecule has 0 aliphatic carbocycles. The van der Waals surface area contributed by atoms with Crippen molar-refractivity contribution in [3.05, 3.63) is 24.3 Å². The van der Waals surface area contributed by atoms with Gasteiger partial charge in [-0.2, -0.15) is 0 Å². The van der Waals surface area contributed by atoms with Gasteiger partial charge in [-0.25, -0.2) is 0 Å². The normalized spacial score (nSPS) is 27.9. The van der Waals surface area contributed by atoms with Crippen molar-refractivity contribution in [1.82, 2.24) is 5.32 Å². The van der Waals surface area contributed by atoms with Crippen LogP contribution in [0.5, 0.6) is 0 Å². The molecule has 3 rings (SSSR count). The maximum Gasteiger partial charge on any atom is 0.220 e. The zero-order valence-electron chi connectivity index (χ0n) is 56.8. The lowest BCUT2D eigenvalue weighted by molar-refractivity contribution is -0.379. The Kier molecular flexibility index (Phi) is 49.8. The molecule has 0 aromatic carbocycles. The van der Waals surface area contributed by atoms with Crippen LogP contribution in [0.3, 0.4) is 0 Å². The number of carbonyl (C=O) groups is 1. The van der Waals surface area contributed by atoms with Gasteiger partial charge in [-0.3, -0.25) is 4.79 Å². The number of allylic oxidation sites excluding steroid dienone is 3. The van der Waals surface area contributed by atoms with E-state index in [9.17, 15) is 61.0 Å². The fourth-order valence-electron chi connectivity index (χ4n) is 12.7. The maximum absolute atomic E-state index is 13.4. The van der Waals surface area contributed by atoms with Gasteiger partial charge in [0.2, 0.25) is 5.91 Å². The largest absolute Gasteiger partial charge is 0.394 e. The number of rotatable bonds is 58.